The molecular weight excluding hydrogens is 270 g/mol. The van der Waals surface area contributed by atoms with Crippen LogP contribution in [0, 0.1) is 0 Å². The first kappa shape index (κ1) is 17.0. The molecule has 0 heterocycles. The van der Waals surface area contributed by atoms with E-state index in [0.29, 0.717) is 17.9 Å². The lowest BCUT2D eigenvalue weighted by Gasteiger charge is -2.17. The molecule has 6 nitrogen and oxygen atoms in total. The zero-order valence-electron chi connectivity index (χ0n) is 12.3. The van der Waals surface area contributed by atoms with Crippen molar-refractivity contribution in [2.75, 3.05) is 13.2 Å². The standard InChI is InChI=1S/C15H23N3O3/c1-2-3-6-11(9-16)18-15(20)12-7-4-5-8-13(12)21-10-14(17)19/h4-5,7-8,11H,2-3,6,9-10,16H2,1H3,(H2,17,19)(H,18,20). The summed E-state index contributed by atoms with van der Waals surface area (Å²) in [4.78, 5) is 23.1. The summed E-state index contributed by atoms with van der Waals surface area (Å²) < 4.78 is 5.25. The van der Waals surface area contributed by atoms with Gasteiger partial charge in [0, 0.05) is 12.6 Å². The van der Waals surface area contributed by atoms with E-state index in [4.69, 9.17) is 16.2 Å². The van der Waals surface area contributed by atoms with Crippen LogP contribution in [0.2, 0.25) is 0 Å². The fourth-order valence-corrected chi connectivity index (χ4v) is 1.89. The van der Waals surface area contributed by atoms with E-state index < -0.39 is 5.91 Å². The second kappa shape index (κ2) is 8.97. The number of carbonyl (C=O) groups is 2. The highest BCUT2D eigenvalue weighted by Crippen LogP contribution is 2.18. The average molecular weight is 293 g/mol. The minimum atomic E-state index is -0.590. The van der Waals surface area contributed by atoms with Gasteiger partial charge in [0.15, 0.2) is 6.61 Å². The zero-order chi connectivity index (χ0) is 15.7. The molecular formula is C15H23N3O3. The lowest BCUT2D eigenvalue weighted by molar-refractivity contribution is -0.119. The van der Waals surface area contributed by atoms with Gasteiger partial charge in [-0.1, -0.05) is 31.9 Å². The summed E-state index contributed by atoms with van der Waals surface area (Å²) in [6.45, 7) is 2.21. The fourth-order valence-electron chi connectivity index (χ4n) is 1.89. The van der Waals surface area contributed by atoms with Crippen molar-refractivity contribution >= 4 is 11.8 Å². The van der Waals surface area contributed by atoms with E-state index in [-0.39, 0.29) is 18.6 Å². The topological polar surface area (TPSA) is 107 Å². The Labute approximate surface area is 124 Å². The van der Waals surface area contributed by atoms with Crippen molar-refractivity contribution < 1.29 is 14.3 Å². The maximum atomic E-state index is 12.3. The Hall–Kier alpha value is -2.08. The summed E-state index contributed by atoms with van der Waals surface area (Å²) in [5, 5.41) is 2.89. The largest absolute Gasteiger partial charge is 0.483 e. The first-order chi connectivity index (χ1) is 10.1. The Bertz CT molecular complexity index is 477. The van der Waals surface area contributed by atoms with Gasteiger partial charge in [-0.25, -0.2) is 0 Å². The number of benzene rings is 1. The van der Waals surface area contributed by atoms with Gasteiger partial charge in [-0.15, -0.1) is 0 Å². The SMILES string of the molecule is CCCCC(CN)NC(=O)c1ccccc1OCC(N)=O. The van der Waals surface area contributed by atoms with Crippen molar-refractivity contribution in [3.8, 4) is 5.75 Å². The van der Waals surface area contributed by atoms with Crippen LogP contribution in [-0.4, -0.2) is 31.0 Å². The van der Waals surface area contributed by atoms with Crippen LogP contribution in [0.15, 0.2) is 24.3 Å². The van der Waals surface area contributed by atoms with E-state index >= 15 is 0 Å². The van der Waals surface area contributed by atoms with E-state index in [9.17, 15) is 9.59 Å². The van der Waals surface area contributed by atoms with Crippen LogP contribution in [0.3, 0.4) is 0 Å². The summed E-state index contributed by atoms with van der Waals surface area (Å²) in [5.74, 6) is -0.519. The molecule has 0 aliphatic heterocycles. The van der Waals surface area contributed by atoms with Crippen LogP contribution < -0.4 is 21.5 Å². The Balaban J connectivity index is 2.74. The Morgan fingerprint density at radius 1 is 1.33 bits per heavy atom. The third-order valence-electron chi connectivity index (χ3n) is 3.03. The van der Waals surface area contributed by atoms with Gasteiger partial charge >= 0.3 is 0 Å². The second-order valence-electron chi connectivity index (χ2n) is 4.80. The minimum Gasteiger partial charge on any atom is -0.483 e. The van der Waals surface area contributed by atoms with Crippen molar-refractivity contribution in [1.82, 2.24) is 5.32 Å². The second-order valence-corrected chi connectivity index (χ2v) is 4.80. The molecule has 21 heavy (non-hydrogen) atoms. The minimum absolute atomic E-state index is 0.0679. The molecule has 1 atom stereocenters. The number of unbranched alkanes of at least 4 members (excludes halogenated alkanes) is 1. The van der Waals surface area contributed by atoms with Crippen molar-refractivity contribution in [1.29, 1.82) is 0 Å². The van der Waals surface area contributed by atoms with E-state index in [2.05, 4.69) is 12.2 Å². The van der Waals surface area contributed by atoms with Gasteiger partial charge in [-0.3, -0.25) is 9.59 Å². The third kappa shape index (κ3) is 5.83. The predicted octanol–water partition coefficient (Wildman–Crippen LogP) is 0.798. The summed E-state index contributed by atoms with van der Waals surface area (Å²) in [6, 6.07) is 6.65. The lowest BCUT2D eigenvalue weighted by Crippen LogP contribution is -2.40. The van der Waals surface area contributed by atoms with Gasteiger partial charge in [-0.2, -0.15) is 0 Å². The molecule has 0 saturated heterocycles. The molecule has 0 spiro atoms. The number of carbonyl (C=O) groups excluding carboxylic acids is 2. The van der Waals surface area contributed by atoms with E-state index in [1.165, 1.54) is 0 Å². The highest BCUT2D eigenvalue weighted by Gasteiger charge is 2.16. The van der Waals surface area contributed by atoms with Gasteiger partial charge < -0.3 is 21.5 Å². The Kier molecular flexibility index (Phi) is 7.25. The molecule has 1 unspecified atom stereocenters. The average Bonchev–Trinajstić information content (AvgIpc) is 2.49. The molecule has 0 aliphatic carbocycles. The number of hydrogen-bond donors (Lipinski definition) is 3. The Morgan fingerprint density at radius 3 is 2.67 bits per heavy atom. The molecule has 0 bridgehead atoms. The van der Waals surface area contributed by atoms with Gasteiger partial charge in [0.1, 0.15) is 5.75 Å². The molecule has 1 aromatic carbocycles. The maximum Gasteiger partial charge on any atom is 0.255 e. The molecule has 0 radical (unpaired) electrons. The Morgan fingerprint density at radius 2 is 2.05 bits per heavy atom. The molecule has 116 valence electrons. The van der Waals surface area contributed by atoms with Gasteiger partial charge in [0.2, 0.25) is 0 Å². The van der Waals surface area contributed by atoms with Crippen molar-refractivity contribution in [3.63, 3.8) is 0 Å². The van der Waals surface area contributed by atoms with Gasteiger partial charge in [0.25, 0.3) is 11.8 Å². The van der Waals surface area contributed by atoms with Crippen LogP contribution in [0.25, 0.3) is 0 Å². The molecule has 0 aliphatic rings. The zero-order valence-corrected chi connectivity index (χ0v) is 12.3. The number of nitrogens with one attached hydrogen (secondary N) is 1. The van der Waals surface area contributed by atoms with Crippen LogP contribution in [0.5, 0.6) is 5.75 Å². The number of primary amides is 1. The summed E-state index contributed by atoms with van der Waals surface area (Å²) in [7, 11) is 0. The number of amides is 2. The van der Waals surface area contributed by atoms with E-state index in [1.54, 1.807) is 24.3 Å². The van der Waals surface area contributed by atoms with Crippen LogP contribution in [-0.2, 0) is 4.79 Å². The molecule has 0 fully saturated rings. The van der Waals surface area contributed by atoms with Crippen molar-refractivity contribution in [2.45, 2.75) is 32.2 Å². The summed E-state index contributed by atoms with van der Waals surface area (Å²) in [6.07, 6.45) is 2.88. The maximum absolute atomic E-state index is 12.3. The number of hydrogen-bond acceptors (Lipinski definition) is 4. The van der Waals surface area contributed by atoms with Crippen LogP contribution in [0.1, 0.15) is 36.5 Å². The van der Waals surface area contributed by atoms with E-state index in [0.717, 1.165) is 19.3 Å². The molecule has 5 N–H and O–H groups in total. The van der Waals surface area contributed by atoms with Crippen LogP contribution >= 0.6 is 0 Å². The first-order valence-electron chi connectivity index (χ1n) is 7.09. The molecule has 1 rings (SSSR count). The lowest BCUT2D eigenvalue weighted by atomic mass is 10.1. The number of ether oxygens (including phenoxy) is 1. The van der Waals surface area contributed by atoms with Gasteiger partial charge in [-0.05, 0) is 18.6 Å². The number of nitrogens with two attached hydrogens (primary N) is 2. The molecule has 0 saturated carbocycles. The van der Waals surface area contributed by atoms with Gasteiger partial charge in [0.05, 0.1) is 5.56 Å². The summed E-state index contributed by atoms with van der Waals surface area (Å²) in [5.41, 5.74) is 11.1. The normalized spacial score (nSPS) is 11.7. The number of para-hydroxylation sites is 1. The highest BCUT2D eigenvalue weighted by molar-refractivity contribution is 5.97. The first-order valence-corrected chi connectivity index (χ1v) is 7.09. The number of rotatable bonds is 9. The summed E-state index contributed by atoms with van der Waals surface area (Å²) >= 11 is 0. The van der Waals surface area contributed by atoms with Crippen molar-refractivity contribution in [3.05, 3.63) is 29.8 Å². The molecule has 0 aromatic heterocycles. The molecule has 2 amide bonds. The molecule has 1 aromatic rings. The highest BCUT2D eigenvalue weighted by atomic mass is 16.5. The molecule has 6 heteroatoms. The smallest absolute Gasteiger partial charge is 0.255 e. The predicted molar refractivity (Wildman–Crippen MR) is 81.0 cm³/mol. The van der Waals surface area contributed by atoms with Crippen molar-refractivity contribution in [2.24, 2.45) is 11.5 Å². The monoisotopic (exact) mass is 293 g/mol. The quantitative estimate of drug-likeness (QED) is 0.625. The fraction of sp³-hybridized carbons (Fsp3) is 0.467. The van der Waals surface area contributed by atoms with Crippen LogP contribution in [0.4, 0.5) is 0 Å². The third-order valence-corrected chi connectivity index (χ3v) is 3.03. The van der Waals surface area contributed by atoms with E-state index in [1.807, 2.05) is 0 Å².